The van der Waals surface area contributed by atoms with Gasteiger partial charge in [-0.05, 0) is 37.2 Å². The lowest BCUT2D eigenvalue weighted by Gasteiger charge is -2.31. The third-order valence-electron chi connectivity index (χ3n) is 3.46. The van der Waals surface area contributed by atoms with Crippen LogP contribution in [-0.2, 0) is 14.6 Å². The highest BCUT2D eigenvalue weighted by molar-refractivity contribution is 7.90. The summed E-state index contributed by atoms with van der Waals surface area (Å²) in [4.78, 5) is 12.2. The van der Waals surface area contributed by atoms with Crippen molar-refractivity contribution < 1.29 is 13.2 Å². The quantitative estimate of drug-likeness (QED) is 0.860. The second kappa shape index (κ2) is 5.30. The second-order valence-electron chi connectivity index (χ2n) is 5.00. The molecule has 1 aromatic rings. The Morgan fingerprint density at radius 3 is 2.63 bits per heavy atom. The third-order valence-corrected chi connectivity index (χ3v) is 4.57. The number of anilines is 1. The fourth-order valence-corrected chi connectivity index (χ4v) is 2.61. The van der Waals surface area contributed by atoms with Crippen LogP contribution in [0.3, 0.4) is 0 Å². The number of carbonyl (C=O) groups is 1. The average Bonchev–Trinajstić information content (AvgIpc) is 2.25. The minimum absolute atomic E-state index is 0.0721. The van der Waals surface area contributed by atoms with Gasteiger partial charge in [0.25, 0.3) is 0 Å². The molecule has 1 unspecified atom stereocenters. The highest BCUT2D eigenvalue weighted by Gasteiger charge is 2.28. The van der Waals surface area contributed by atoms with E-state index in [-0.39, 0.29) is 16.7 Å². The lowest BCUT2D eigenvalue weighted by Crippen LogP contribution is -2.48. The number of amides is 1. The first-order chi connectivity index (χ1) is 8.88. The Labute approximate surface area is 113 Å². The van der Waals surface area contributed by atoms with Crippen molar-refractivity contribution in [3.05, 3.63) is 24.3 Å². The molecule has 1 fully saturated rings. The minimum atomic E-state index is -3.25. The van der Waals surface area contributed by atoms with Gasteiger partial charge in [-0.2, -0.15) is 0 Å². The normalized spacial score (nSPS) is 17.6. The molecule has 2 rings (SSSR count). The van der Waals surface area contributed by atoms with E-state index in [1.165, 1.54) is 12.1 Å². The number of benzene rings is 1. The van der Waals surface area contributed by atoms with E-state index in [4.69, 9.17) is 0 Å². The maximum atomic E-state index is 12.0. The molecular formula is C13H18N2O3S. The molecule has 104 valence electrons. The van der Waals surface area contributed by atoms with Crippen LogP contribution >= 0.6 is 0 Å². The summed E-state index contributed by atoms with van der Waals surface area (Å²) in [5.74, 6) is 0.207. The molecule has 1 amide bonds. The van der Waals surface area contributed by atoms with E-state index in [9.17, 15) is 13.2 Å². The molecule has 0 radical (unpaired) electrons. The van der Waals surface area contributed by atoms with E-state index in [1.54, 1.807) is 12.1 Å². The minimum Gasteiger partial charge on any atom is -0.326 e. The molecule has 19 heavy (non-hydrogen) atoms. The molecule has 1 aliphatic rings. The Morgan fingerprint density at radius 1 is 1.42 bits per heavy atom. The maximum Gasteiger partial charge on any atom is 0.227 e. The van der Waals surface area contributed by atoms with Crippen LogP contribution in [0.15, 0.2) is 29.2 Å². The van der Waals surface area contributed by atoms with Crippen molar-refractivity contribution in [2.24, 2.45) is 11.8 Å². The first-order valence-electron chi connectivity index (χ1n) is 6.19. The van der Waals surface area contributed by atoms with Crippen molar-refractivity contribution in [1.82, 2.24) is 5.32 Å². The van der Waals surface area contributed by atoms with Gasteiger partial charge in [-0.1, -0.05) is 13.0 Å². The number of hydrogen-bond donors (Lipinski definition) is 2. The lowest BCUT2D eigenvalue weighted by molar-refractivity contribution is -0.121. The molecule has 1 aromatic carbocycles. The van der Waals surface area contributed by atoms with Crippen LogP contribution in [0.1, 0.15) is 6.92 Å². The Balaban J connectivity index is 2.08. The topological polar surface area (TPSA) is 75.3 Å². The molecule has 0 aromatic heterocycles. The zero-order chi connectivity index (χ0) is 14.0. The van der Waals surface area contributed by atoms with Crippen LogP contribution in [0.4, 0.5) is 5.69 Å². The average molecular weight is 282 g/mol. The molecule has 1 atom stereocenters. The number of rotatable bonds is 4. The van der Waals surface area contributed by atoms with Gasteiger partial charge in [0.15, 0.2) is 9.84 Å². The van der Waals surface area contributed by atoms with Gasteiger partial charge in [-0.25, -0.2) is 8.42 Å². The van der Waals surface area contributed by atoms with Crippen molar-refractivity contribution in [3.8, 4) is 0 Å². The molecule has 0 bridgehead atoms. The molecule has 0 saturated carbocycles. The van der Waals surface area contributed by atoms with Crippen molar-refractivity contribution in [3.63, 3.8) is 0 Å². The van der Waals surface area contributed by atoms with Crippen molar-refractivity contribution in [2.75, 3.05) is 24.7 Å². The highest BCUT2D eigenvalue weighted by atomic mass is 32.2. The lowest BCUT2D eigenvalue weighted by atomic mass is 9.88. The Kier molecular flexibility index (Phi) is 3.91. The van der Waals surface area contributed by atoms with Crippen molar-refractivity contribution in [2.45, 2.75) is 11.8 Å². The summed E-state index contributed by atoms with van der Waals surface area (Å²) in [7, 11) is -3.25. The molecule has 0 spiro atoms. The highest BCUT2D eigenvalue weighted by Crippen LogP contribution is 2.20. The Hall–Kier alpha value is -1.40. The molecule has 1 saturated heterocycles. The van der Waals surface area contributed by atoms with Gasteiger partial charge in [-0.15, -0.1) is 0 Å². The van der Waals surface area contributed by atoms with Gasteiger partial charge in [0.2, 0.25) is 5.91 Å². The van der Waals surface area contributed by atoms with Gasteiger partial charge >= 0.3 is 0 Å². The molecule has 0 aliphatic carbocycles. The smallest absolute Gasteiger partial charge is 0.227 e. The second-order valence-corrected chi connectivity index (χ2v) is 7.01. The molecule has 1 aliphatic heterocycles. The van der Waals surface area contributed by atoms with Gasteiger partial charge in [0.1, 0.15) is 0 Å². The Morgan fingerprint density at radius 2 is 2.11 bits per heavy atom. The number of hydrogen-bond acceptors (Lipinski definition) is 4. The fourth-order valence-electron chi connectivity index (χ4n) is 1.94. The summed E-state index contributed by atoms with van der Waals surface area (Å²) >= 11 is 0. The zero-order valence-corrected chi connectivity index (χ0v) is 11.8. The number of carbonyl (C=O) groups excluding carboxylic acids is 1. The molecule has 5 nitrogen and oxygen atoms in total. The largest absolute Gasteiger partial charge is 0.326 e. The molecule has 2 N–H and O–H groups in total. The van der Waals surface area contributed by atoms with Crippen molar-refractivity contribution >= 4 is 21.4 Å². The summed E-state index contributed by atoms with van der Waals surface area (Å²) in [5, 5.41) is 5.90. The van der Waals surface area contributed by atoms with E-state index in [0.717, 1.165) is 19.3 Å². The summed E-state index contributed by atoms with van der Waals surface area (Å²) < 4.78 is 22.9. The summed E-state index contributed by atoms with van der Waals surface area (Å²) in [6.45, 7) is 3.61. The van der Waals surface area contributed by atoms with Gasteiger partial charge in [0.05, 0.1) is 4.90 Å². The third kappa shape index (κ3) is 3.33. The first-order valence-corrected chi connectivity index (χ1v) is 8.09. The Bertz CT molecular complexity index is 579. The standard InChI is InChI=1S/C13H18N2O3S/c1-9(10-7-14-8-10)13(16)15-11-4-3-5-12(6-11)19(2,17)18/h3-6,9-10,14H,7-8H2,1-2H3,(H,15,16). The van der Waals surface area contributed by atoms with E-state index in [0.29, 0.717) is 11.6 Å². The fraction of sp³-hybridized carbons (Fsp3) is 0.462. The zero-order valence-electron chi connectivity index (χ0n) is 11.0. The molecule has 6 heteroatoms. The SMILES string of the molecule is CC(C(=O)Nc1cccc(S(C)(=O)=O)c1)C1CNC1. The van der Waals surface area contributed by atoms with Crippen LogP contribution in [0.5, 0.6) is 0 Å². The maximum absolute atomic E-state index is 12.0. The molecule has 1 heterocycles. The van der Waals surface area contributed by atoms with Crippen LogP contribution in [0.2, 0.25) is 0 Å². The van der Waals surface area contributed by atoms with E-state index in [1.807, 2.05) is 6.92 Å². The van der Waals surface area contributed by atoms with Crippen LogP contribution in [0, 0.1) is 11.8 Å². The van der Waals surface area contributed by atoms with Crippen LogP contribution in [-0.4, -0.2) is 33.7 Å². The van der Waals surface area contributed by atoms with Gasteiger partial charge in [-0.3, -0.25) is 4.79 Å². The summed E-state index contributed by atoms with van der Waals surface area (Å²) in [6, 6.07) is 6.32. The van der Waals surface area contributed by atoms with Gasteiger partial charge in [0, 0.05) is 17.9 Å². The van der Waals surface area contributed by atoms with E-state index < -0.39 is 9.84 Å². The summed E-state index contributed by atoms with van der Waals surface area (Å²) in [5.41, 5.74) is 0.520. The van der Waals surface area contributed by atoms with Gasteiger partial charge < -0.3 is 10.6 Å². The van der Waals surface area contributed by atoms with Crippen LogP contribution in [0.25, 0.3) is 0 Å². The summed E-state index contributed by atoms with van der Waals surface area (Å²) in [6.07, 6.45) is 1.15. The first kappa shape index (κ1) is 14.0. The van der Waals surface area contributed by atoms with E-state index >= 15 is 0 Å². The molecular weight excluding hydrogens is 264 g/mol. The monoisotopic (exact) mass is 282 g/mol. The number of nitrogens with one attached hydrogen (secondary N) is 2. The number of sulfone groups is 1. The predicted octanol–water partition coefficient (Wildman–Crippen LogP) is 0.884. The predicted molar refractivity (Wildman–Crippen MR) is 73.7 cm³/mol. The van der Waals surface area contributed by atoms with Crippen LogP contribution < -0.4 is 10.6 Å². The van der Waals surface area contributed by atoms with Crippen molar-refractivity contribution in [1.29, 1.82) is 0 Å². The van der Waals surface area contributed by atoms with E-state index in [2.05, 4.69) is 10.6 Å².